The number of methoxy groups -OCH3 is 1. The van der Waals surface area contributed by atoms with Gasteiger partial charge in [-0.1, -0.05) is 0 Å². The van der Waals surface area contributed by atoms with Crippen LogP contribution in [0.5, 0.6) is 0 Å². The fourth-order valence-electron chi connectivity index (χ4n) is 3.31. The normalized spacial score (nSPS) is 19.4. The molecule has 0 spiro atoms. The number of nitrogens with zero attached hydrogens (tertiary/aromatic N) is 1. The van der Waals surface area contributed by atoms with Crippen molar-refractivity contribution in [1.82, 2.24) is 4.90 Å². The van der Waals surface area contributed by atoms with Gasteiger partial charge in [0.25, 0.3) is 0 Å². The number of rotatable bonds is 9. The number of hydrogen-bond acceptors (Lipinski definition) is 9. The summed E-state index contributed by atoms with van der Waals surface area (Å²) in [7, 11) is 1.51. The molecule has 1 amide bonds. The summed E-state index contributed by atoms with van der Waals surface area (Å²) in [5.41, 5.74) is 0.599. The van der Waals surface area contributed by atoms with Crippen LogP contribution >= 0.6 is 11.3 Å². The molecule has 1 aromatic heterocycles. The lowest BCUT2D eigenvalue weighted by molar-refractivity contribution is -0.121. The van der Waals surface area contributed by atoms with Gasteiger partial charge < -0.3 is 24.3 Å². The van der Waals surface area contributed by atoms with Crippen LogP contribution in [0.1, 0.15) is 46.4 Å². The first kappa shape index (κ1) is 24.3. The van der Waals surface area contributed by atoms with Gasteiger partial charge in [0.15, 0.2) is 0 Å². The molecule has 1 N–H and O–H groups in total. The number of amides is 1. The first-order valence-electron chi connectivity index (χ1n) is 9.91. The van der Waals surface area contributed by atoms with Gasteiger partial charge >= 0.3 is 11.9 Å². The Hall–Kier alpha value is -2.01. The molecular weight excluding hydrogens is 412 g/mol. The highest BCUT2D eigenvalue weighted by atomic mass is 32.1. The summed E-state index contributed by atoms with van der Waals surface area (Å²) in [6.45, 7) is 9.23. The number of carbonyl (C=O) groups excluding carboxylic acids is 3. The van der Waals surface area contributed by atoms with Crippen molar-refractivity contribution in [2.24, 2.45) is 0 Å². The van der Waals surface area contributed by atoms with Crippen LogP contribution in [0.15, 0.2) is 0 Å². The molecule has 1 fully saturated rings. The van der Waals surface area contributed by atoms with Crippen molar-refractivity contribution in [3.05, 3.63) is 16.0 Å². The first-order valence-corrected chi connectivity index (χ1v) is 10.7. The van der Waals surface area contributed by atoms with Crippen molar-refractivity contribution in [3.8, 4) is 0 Å². The standard InChI is InChI=1S/C20H30N2O7S/c1-6-27-19(24)16-14(4)17(20(25)28-8-7-26-5)30-18(16)21-15(23)11-22-9-12(2)29-13(3)10-22/h12-13H,6-11H2,1-5H3,(H,21,23)/t12-,13-/m1/s1. The van der Waals surface area contributed by atoms with E-state index in [2.05, 4.69) is 5.32 Å². The lowest BCUT2D eigenvalue weighted by Gasteiger charge is -2.34. The molecule has 0 saturated carbocycles. The Balaban J connectivity index is 2.17. The molecule has 0 aliphatic carbocycles. The van der Waals surface area contributed by atoms with Gasteiger partial charge in [-0.25, -0.2) is 9.59 Å². The number of morpholine rings is 1. The number of hydrogen-bond donors (Lipinski definition) is 1. The van der Waals surface area contributed by atoms with Crippen LogP contribution in [0, 0.1) is 6.92 Å². The van der Waals surface area contributed by atoms with Gasteiger partial charge in [-0.15, -0.1) is 11.3 Å². The number of thiophene rings is 1. The van der Waals surface area contributed by atoms with E-state index in [1.54, 1.807) is 13.8 Å². The van der Waals surface area contributed by atoms with Gasteiger partial charge in [-0.05, 0) is 33.3 Å². The minimum absolute atomic E-state index is 0.0362. The second-order valence-electron chi connectivity index (χ2n) is 7.11. The molecule has 0 aromatic carbocycles. The Morgan fingerprint density at radius 3 is 2.40 bits per heavy atom. The summed E-state index contributed by atoms with van der Waals surface area (Å²) in [6, 6.07) is 0. The Bertz CT molecular complexity index is 755. The van der Waals surface area contributed by atoms with Crippen LogP contribution in [0.4, 0.5) is 5.00 Å². The molecule has 0 bridgehead atoms. The maximum absolute atomic E-state index is 12.7. The third-order valence-corrected chi connectivity index (χ3v) is 5.64. The smallest absolute Gasteiger partial charge is 0.348 e. The van der Waals surface area contributed by atoms with Gasteiger partial charge in [-0.3, -0.25) is 9.69 Å². The molecule has 1 aromatic rings. The van der Waals surface area contributed by atoms with E-state index in [9.17, 15) is 14.4 Å². The maximum Gasteiger partial charge on any atom is 0.348 e. The fourth-order valence-corrected chi connectivity index (χ4v) is 4.42. The van der Waals surface area contributed by atoms with Crippen molar-refractivity contribution in [1.29, 1.82) is 0 Å². The van der Waals surface area contributed by atoms with Crippen molar-refractivity contribution in [3.63, 3.8) is 0 Å². The van der Waals surface area contributed by atoms with Crippen LogP contribution in [-0.4, -0.2) is 81.5 Å². The van der Waals surface area contributed by atoms with Gasteiger partial charge in [0.1, 0.15) is 16.5 Å². The van der Waals surface area contributed by atoms with Crippen LogP contribution in [-0.2, 0) is 23.7 Å². The predicted octanol–water partition coefficient (Wildman–Crippen LogP) is 2.08. The lowest BCUT2D eigenvalue weighted by atomic mass is 10.1. The third-order valence-electron chi connectivity index (χ3n) is 4.45. The second kappa shape index (κ2) is 11.4. The number of nitrogens with one attached hydrogen (secondary N) is 1. The van der Waals surface area contributed by atoms with Crippen molar-refractivity contribution >= 4 is 34.2 Å². The Kier molecular flexibility index (Phi) is 9.22. The Labute approximate surface area is 180 Å². The average molecular weight is 443 g/mol. The molecule has 1 aliphatic heterocycles. The van der Waals surface area contributed by atoms with Crippen LogP contribution in [0.2, 0.25) is 0 Å². The topological polar surface area (TPSA) is 103 Å². The summed E-state index contributed by atoms with van der Waals surface area (Å²) in [6.07, 6.45) is 0.0724. The molecule has 0 radical (unpaired) electrons. The van der Waals surface area contributed by atoms with E-state index < -0.39 is 11.9 Å². The van der Waals surface area contributed by atoms with E-state index in [-0.39, 0.29) is 59.9 Å². The summed E-state index contributed by atoms with van der Waals surface area (Å²) in [5, 5.41) is 3.06. The van der Waals surface area contributed by atoms with E-state index in [1.807, 2.05) is 18.7 Å². The quantitative estimate of drug-likeness (QED) is 0.458. The maximum atomic E-state index is 12.7. The lowest BCUT2D eigenvalue weighted by Crippen LogP contribution is -2.48. The molecule has 9 nitrogen and oxygen atoms in total. The zero-order chi connectivity index (χ0) is 22.3. The van der Waals surface area contributed by atoms with Crippen LogP contribution in [0.3, 0.4) is 0 Å². The molecule has 30 heavy (non-hydrogen) atoms. The van der Waals surface area contributed by atoms with Gasteiger partial charge in [0.05, 0.1) is 37.5 Å². The molecule has 2 rings (SSSR count). The molecule has 10 heteroatoms. The molecule has 2 heterocycles. The predicted molar refractivity (Wildman–Crippen MR) is 112 cm³/mol. The second-order valence-corrected chi connectivity index (χ2v) is 8.13. The fraction of sp³-hybridized carbons (Fsp3) is 0.650. The van der Waals surface area contributed by atoms with E-state index in [1.165, 1.54) is 7.11 Å². The van der Waals surface area contributed by atoms with Gasteiger partial charge in [0, 0.05) is 20.2 Å². The summed E-state index contributed by atoms with van der Waals surface area (Å²) in [5.74, 6) is -1.44. The highest BCUT2D eigenvalue weighted by Crippen LogP contribution is 2.34. The van der Waals surface area contributed by atoms with Crippen molar-refractivity contribution in [2.75, 3.05) is 51.9 Å². The van der Waals surface area contributed by atoms with Crippen LogP contribution in [0.25, 0.3) is 0 Å². The van der Waals surface area contributed by atoms with E-state index >= 15 is 0 Å². The largest absolute Gasteiger partial charge is 0.462 e. The van der Waals surface area contributed by atoms with E-state index in [0.29, 0.717) is 18.7 Å². The number of carbonyl (C=O) groups is 3. The zero-order valence-electron chi connectivity index (χ0n) is 18.1. The monoisotopic (exact) mass is 442 g/mol. The molecule has 1 saturated heterocycles. The summed E-state index contributed by atoms with van der Waals surface area (Å²) >= 11 is 1.01. The average Bonchev–Trinajstić information content (AvgIpc) is 2.97. The zero-order valence-corrected chi connectivity index (χ0v) is 18.9. The SMILES string of the molecule is CCOC(=O)c1c(NC(=O)CN2C[C@@H](C)O[C@H](C)C2)sc(C(=O)OCCOC)c1C. The van der Waals surface area contributed by atoms with E-state index in [4.69, 9.17) is 18.9 Å². The Morgan fingerprint density at radius 1 is 1.13 bits per heavy atom. The molecular formula is C20H30N2O7S. The van der Waals surface area contributed by atoms with E-state index in [0.717, 1.165) is 11.3 Å². The third kappa shape index (κ3) is 6.49. The highest BCUT2D eigenvalue weighted by molar-refractivity contribution is 7.18. The van der Waals surface area contributed by atoms with Crippen molar-refractivity contribution < 1.29 is 33.3 Å². The minimum atomic E-state index is -0.592. The summed E-state index contributed by atoms with van der Waals surface area (Å²) in [4.78, 5) is 39.8. The number of esters is 2. The highest BCUT2D eigenvalue weighted by Gasteiger charge is 2.29. The van der Waals surface area contributed by atoms with Crippen molar-refractivity contribution in [2.45, 2.75) is 39.9 Å². The molecule has 2 atom stereocenters. The summed E-state index contributed by atoms with van der Waals surface area (Å²) < 4.78 is 20.9. The molecule has 0 unspecified atom stereocenters. The minimum Gasteiger partial charge on any atom is -0.462 e. The Morgan fingerprint density at radius 2 is 1.80 bits per heavy atom. The molecule has 168 valence electrons. The van der Waals surface area contributed by atoms with Gasteiger partial charge in [-0.2, -0.15) is 0 Å². The first-order chi connectivity index (χ1) is 14.3. The number of ether oxygens (including phenoxy) is 4. The number of anilines is 1. The van der Waals surface area contributed by atoms with Gasteiger partial charge in [0.2, 0.25) is 5.91 Å². The molecule has 1 aliphatic rings. The van der Waals surface area contributed by atoms with Crippen LogP contribution < -0.4 is 5.32 Å².